The molecule has 102 valence electrons. The molecular formula is C15H13Cl2N3. The molecule has 0 fully saturated rings. The van der Waals surface area contributed by atoms with Crippen LogP contribution < -0.4 is 0 Å². The van der Waals surface area contributed by atoms with Crippen molar-refractivity contribution < 1.29 is 0 Å². The van der Waals surface area contributed by atoms with Crippen LogP contribution in [-0.2, 0) is 0 Å². The highest BCUT2D eigenvalue weighted by atomic mass is 35.5. The summed E-state index contributed by atoms with van der Waals surface area (Å²) >= 11 is 12.5. The minimum Gasteiger partial charge on any atom is -0.228 e. The number of rotatable bonds is 2. The smallest absolute Gasteiger partial charge is 0.160 e. The Bertz CT molecular complexity index is 778. The molecule has 0 aliphatic carbocycles. The summed E-state index contributed by atoms with van der Waals surface area (Å²) in [4.78, 5) is 4.68. The van der Waals surface area contributed by atoms with Crippen LogP contribution in [-0.4, -0.2) is 14.6 Å². The Kier molecular flexibility index (Phi) is 3.40. The molecule has 3 aromatic rings. The van der Waals surface area contributed by atoms with E-state index in [9.17, 15) is 0 Å². The third-order valence-corrected chi connectivity index (χ3v) is 3.83. The van der Waals surface area contributed by atoms with Crippen molar-refractivity contribution in [2.24, 2.45) is 0 Å². The zero-order valence-corrected chi connectivity index (χ0v) is 12.7. The zero-order chi connectivity index (χ0) is 14.3. The maximum atomic E-state index is 6.30. The number of halogens is 2. The van der Waals surface area contributed by atoms with Gasteiger partial charge in [-0.1, -0.05) is 55.2 Å². The van der Waals surface area contributed by atoms with E-state index in [0.717, 1.165) is 22.5 Å². The molecule has 0 bridgehead atoms. The lowest BCUT2D eigenvalue weighted by Crippen LogP contribution is -1.97. The van der Waals surface area contributed by atoms with Crippen LogP contribution in [0.2, 0.25) is 10.2 Å². The summed E-state index contributed by atoms with van der Waals surface area (Å²) in [6.45, 7) is 4.21. The van der Waals surface area contributed by atoms with Crippen LogP contribution in [0, 0.1) is 0 Å². The minimum absolute atomic E-state index is 0.331. The normalized spacial score (nSPS) is 11.4. The molecule has 20 heavy (non-hydrogen) atoms. The fourth-order valence-electron chi connectivity index (χ4n) is 2.16. The van der Waals surface area contributed by atoms with E-state index < -0.39 is 0 Å². The molecule has 3 nitrogen and oxygen atoms in total. The molecule has 0 aliphatic heterocycles. The molecule has 5 heteroatoms. The number of aromatic nitrogens is 3. The fraction of sp³-hybridized carbons (Fsp3) is 0.200. The summed E-state index contributed by atoms with van der Waals surface area (Å²) in [7, 11) is 0. The SMILES string of the molecule is CC(C)c1cnn2c(Cl)cc(-c3ccccc3Cl)nc12. The molecule has 0 amide bonds. The van der Waals surface area contributed by atoms with E-state index in [0.29, 0.717) is 16.1 Å². The Labute approximate surface area is 127 Å². The van der Waals surface area contributed by atoms with Gasteiger partial charge in [-0.05, 0) is 12.0 Å². The third kappa shape index (κ3) is 2.17. The molecule has 2 heterocycles. The van der Waals surface area contributed by atoms with Crippen LogP contribution in [0.25, 0.3) is 16.9 Å². The van der Waals surface area contributed by atoms with Gasteiger partial charge in [-0.15, -0.1) is 0 Å². The van der Waals surface area contributed by atoms with E-state index in [4.69, 9.17) is 23.2 Å². The number of hydrogen-bond acceptors (Lipinski definition) is 2. The Hall–Kier alpha value is -1.58. The second kappa shape index (κ2) is 5.08. The lowest BCUT2D eigenvalue weighted by Gasteiger charge is -2.07. The van der Waals surface area contributed by atoms with Crippen LogP contribution in [0.5, 0.6) is 0 Å². The van der Waals surface area contributed by atoms with Crippen LogP contribution in [0.4, 0.5) is 0 Å². The molecule has 0 N–H and O–H groups in total. The highest BCUT2D eigenvalue weighted by Gasteiger charge is 2.14. The monoisotopic (exact) mass is 305 g/mol. The first-order valence-electron chi connectivity index (χ1n) is 6.37. The van der Waals surface area contributed by atoms with Gasteiger partial charge in [0.2, 0.25) is 0 Å². The molecule has 0 spiro atoms. The Morgan fingerprint density at radius 3 is 2.60 bits per heavy atom. The number of hydrogen-bond donors (Lipinski definition) is 0. The van der Waals surface area contributed by atoms with E-state index >= 15 is 0 Å². The summed E-state index contributed by atoms with van der Waals surface area (Å²) in [5.41, 5.74) is 3.48. The van der Waals surface area contributed by atoms with E-state index in [2.05, 4.69) is 23.9 Å². The predicted octanol–water partition coefficient (Wildman–Crippen LogP) is 4.83. The van der Waals surface area contributed by atoms with Crippen molar-refractivity contribution in [3.63, 3.8) is 0 Å². The average Bonchev–Trinajstić information content (AvgIpc) is 2.83. The topological polar surface area (TPSA) is 30.2 Å². The lowest BCUT2D eigenvalue weighted by atomic mass is 10.1. The second-order valence-electron chi connectivity index (χ2n) is 4.93. The van der Waals surface area contributed by atoms with Gasteiger partial charge in [-0.25, -0.2) is 9.50 Å². The Morgan fingerprint density at radius 1 is 1.15 bits per heavy atom. The molecule has 0 saturated heterocycles. The highest BCUT2D eigenvalue weighted by molar-refractivity contribution is 6.33. The molecule has 0 aliphatic rings. The molecule has 0 unspecified atom stereocenters. The van der Waals surface area contributed by atoms with Gasteiger partial charge in [-0.3, -0.25) is 0 Å². The highest BCUT2D eigenvalue weighted by Crippen LogP contribution is 2.30. The Balaban J connectivity index is 2.28. The van der Waals surface area contributed by atoms with Gasteiger partial charge in [0, 0.05) is 22.2 Å². The lowest BCUT2D eigenvalue weighted by molar-refractivity contribution is 0.872. The third-order valence-electron chi connectivity index (χ3n) is 3.23. The molecule has 0 atom stereocenters. The van der Waals surface area contributed by atoms with Crippen molar-refractivity contribution in [2.75, 3.05) is 0 Å². The van der Waals surface area contributed by atoms with E-state index in [1.807, 2.05) is 30.5 Å². The molecule has 0 radical (unpaired) electrons. The Morgan fingerprint density at radius 2 is 1.90 bits per heavy atom. The van der Waals surface area contributed by atoms with Crippen molar-refractivity contribution in [3.05, 3.63) is 52.3 Å². The average molecular weight is 306 g/mol. The molecule has 0 saturated carbocycles. The van der Waals surface area contributed by atoms with Gasteiger partial charge in [0.15, 0.2) is 5.65 Å². The molecule has 3 rings (SSSR count). The molecular weight excluding hydrogens is 293 g/mol. The minimum atomic E-state index is 0.331. The first-order valence-corrected chi connectivity index (χ1v) is 7.12. The van der Waals surface area contributed by atoms with Crippen LogP contribution in [0.3, 0.4) is 0 Å². The largest absolute Gasteiger partial charge is 0.228 e. The standard InChI is InChI=1S/C15H13Cl2N3/c1-9(2)11-8-18-20-14(17)7-13(19-15(11)20)10-5-3-4-6-12(10)16/h3-9H,1-2H3. The molecule has 1 aromatic carbocycles. The maximum absolute atomic E-state index is 6.30. The fourth-order valence-corrected chi connectivity index (χ4v) is 2.62. The predicted molar refractivity (Wildman–Crippen MR) is 82.5 cm³/mol. The van der Waals surface area contributed by atoms with Gasteiger partial charge in [0.25, 0.3) is 0 Å². The summed E-state index contributed by atoms with van der Waals surface area (Å²) in [6, 6.07) is 9.39. The number of nitrogens with zero attached hydrogens (tertiary/aromatic N) is 3. The first-order chi connectivity index (χ1) is 9.58. The van der Waals surface area contributed by atoms with Crippen LogP contribution in [0.15, 0.2) is 36.5 Å². The van der Waals surface area contributed by atoms with E-state index in [1.165, 1.54) is 0 Å². The van der Waals surface area contributed by atoms with Crippen molar-refractivity contribution in [3.8, 4) is 11.3 Å². The van der Waals surface area contributed by atoms with Gasteiger partial charge in [-0.2, -0.15) is 5.10 Å². The van der Waals surface area contributed by atoms with Gasteiger partial charge >= 0.3 is 0 Å². The van der Waals surface area contributed by atoms with Crippen molar-refractivity contribution >= 4 is 28.8 Å². The second-order valence-corrected chi connectivity index (χ2v) is 5.73. The first kappa shape index (κ1) is 13.4. The van der Waals surface area contributed by atoms with E-state index in [1.54, 1.807) is 10.6 Å². The number of benzene rings is 1. The quantitative estimate of drug-likeness (QED) is 0.635. The van der Waals surface area contributed by atoms with Crippen molar-refractivity contribution in [2.45, 2.75) is 19.8 Å². The maximum Gasteiger partial charge on any atom is 0.160 e. The summed E-state index contributed by atoms with van der Waals surface area (Å²) in [5, 5.41) is 5.47. The summed E-state index contributed by atoms with van der Waals surface area (Å²) in [5.74, 6) is 0.331. The van der Waals surface area contributed by atoms with Gasteiger partial charge in [0.05, 0.1) is 11.9 Å². The summed E-state index contributed by atoms with van der Waals surface area (Å²) in [6.07, 6.45) is 1.81. The van der Waals surface area contributed by atoms with Crippen molar-refractivity contribution in [1.29, 1.82) is 0 Å². The van der Waals surface area contributed by atoms with Crippen LogP contribution >= 0.6 is 23.2 Å². The van der Waals surface area contributed by atoms with Gasteiger partial charge < -0.3 is 0 Å². The van der Waals surface area contributed by atoms with Crippen molar-refractivity contribution in [1.82, 2.24) is 14.6 Å². The molecule has 2 aromatic heterocycles. The zero-order valence-electron chi connectivity index (χ0n) is 11.1. The van der Waals surface area contributed by atoms with Crippen LogP contribution in [0.1, 0.15) is 25.3 Å². The summed E-state index contributed by atoms with van der Waals surface area (Å²) < 4.78 is 1.65. The van der Waals surface area contributed by atoms with Gasteiger partial charge in [0.1, 0.15) is 5.15 Å². The van der Waals surface area contributed by atoms with E-state index in [-0.39, 0.29) is 0 Å². The number of fused-ring (bicyclic) bond motifs is 1.